The second-order valence-corrected chi connectivity index (χ2v) is 5.14. The van der Waals surface area contributed by atoms with Crippen LogP contribution >= 0.6 is 0 Å². The lowest BCUT2D eigenvalue weighted by molar-refractivity contribution is 0.0932. The Hall–Kier alpha value is -2.47. The third-order valence-electron chi connectivity index (χ3n) is 3.30. The van der Waals surface area contributed by atoms with E-state index >= 15 is 0 Å². The van der Waals surface area contributed by atoms with E-state index in [0.717, 1.165) is 17.8 Å². The molecule has 1 amide bonds. The van der Waals surface area contributed by atoms with Crippen LogP contribution in [-0.4, -0.2) is 36.1 Å². The number of hydrogen-bond donors (Lipinski definition) is 2. The topological polar surface area (TPSA) is 76.1 Å². The van der Waals surface area contributed by atoms with Crippen molar-refractivity contribution in [2.24, 2.45) is 0 Å². The first-order valence-electron chi connectivity index (χ1n) is 7.61. The molecule has 0 radical (unpaired) electrons. The van der Waals surface area contributed by atoms with Crippen LogP contribution < -0.4 is 10.6 Å². The number of hydrogen-bond acceptors (Lipinski definition) is 5. The minimum absolute atomic E-state index is 0.239. The zero-order chi connectivity index (χ0) is 16.7. The summed E-state index contributed by atoms with van der Waals surface area (Å²) in [7, 11) is 1.59. The highest BCUT2D eigenvalue weighted by atomic mass is 16.5. The zero-order valence-corrected chi connectivity index (χ0v) is 13.7. The number of amides is 1. The maximum absolute atomic E-state index is 12.1. The summed E-state index contributed by atoms with van der Waals surface area (Å²) in [4.78, 5) is 20.7. The SMILES string of the molecule is CCc1ccc(Nc2nc(C)cc(C(=O)NCCOC)n2)cc1. The number of benzene rings is 1. The van der Waals surface area contributed by atoms with E-state index in [0.29, 0.717) is 24.8 Å². The maximum atomic E-state index is 12.1. The van der Waals surface area contributed by atoms with E-state index < -0.39 is 0 Å². The molecule has 6 nitrogen and oxygen atoms in total. The maximum Gasteiger partial charge on any atom is 0.270 e. The molecular weight excluding hydrogens is 292 g/mol. The Labute approximate surface area is 136 Å². The van der Waals surface area contributed by atoms with Gasteiger partial charge in [0.05, 0.1) is 6.61 Å². The summed E-state index contributed by atoms with van der Waals surface area (Å²) in [6.07, 6.45) is 0.993. The Morgan fingerprint density at radius 1 is 1.22 bits per heavy atom. The molecule has 0 aliphatic heterocycles. The third kappa shape index (κ3) is 5.03. The molecule has 1 heterocycles. The normalized spacial score (nSPS) is 10.4. The second kappa shape index (κ2) is 8.24. The van der Waals surface area contributed by atoms with Crippen molar-refractivity contribution in [2.45, 2.75) is 20.3 Å². The molecule has 1 aromatic heterocycles. The molecule has 0 aliphatic carbocycles. The molecule has 2 N–H and O–H groups in total. The first-order valence-corrected chi connectivity index (χ1v) is 7.61. The number of nitrogens with one attached hydrogen (secondary N) is 2. The molecule has 6 heteroatoms. The van der Waals surface area contributed by atoms with Crippen molar-refractivity contribution in [3.05, 3.63) is 47.3 Å². The second-order valence-electron chi connectivity index (χ2n) is 5.14. The molecule has 0 bridgehead atoms. The quantitative estimate of drug-likeness (QED) is 0.768. The molecule has 2 rings (SSSR count). The molecule has 0 aliphatic rings. The molecule has 2 aromatic rings. The van der Waals surface area contributed by atoms with E-state index in [9.17, 15) is 4.79 Å². The van der Waals surface area contributed by atoms with Crippen LogP contribution in [0, 0.1) is 6.92 Å². The molecule has 0 atom stereocenters. The first kappa shape index (κ1) is 16.9. The van der Waals surface area contributed by atoms with Crippen molar-refractivity contribution in [1.82, 2.24) is 15.3 Å². The number of nitrogens with zero attached hydrogens (tertiary/aromatic N) is 2. The van der Waals surface area contributed by atoms with Crippen LogP contribution in [0.2, 0.25) is 0 Å². The number of aromatic nitrogens is 2. The minimum Gasteiger partial charge on any atom is -0.383 e. The fourth-order valence-corrected chi connectivity index (χ4v) is 2.05. The molecule has 23 heavy (non-hydrogen) atoms. The van der Waals surface area contributed by atoms with Gasteiger partial charge in [0, 0.05) is 25.0 Å². The van der Waals surface area contributed by atoms with Crippen molar-refractivity contribution in [2.75, 3.05) is 25.6 Å². The Balaban J connectivity index is 2.11. The van der Waals surface area contributed by atoms with Gasteiger partial charge < -0.3 is 15.4 Å². The summed E-state index contributed by atoms with van der Waals surface area (Å²) in [5, 5.41) is 5.88. The number of aryl methyl sites for hydroxylation is 2. The number of carbonyl (C=O) groups excluding carboxylic acids is 1. The van der Waals surface area contributed by atoms with Crippen LogP contribution in [-0.2, 0) is 11.2 Å². The predicted molar refractivity (Wildman–Crippen MR) is 90.1 cm³/mol. The molecule has 0 saturated heterocycles. The number of carbonyl (C=O) groups is 1. The molecule has 122 valence electrons. The van der Waals surface area contributed by atoms with Gasteiger partial charge in [0.15, 0.2) is 0 Å². The molecular formula is C17H22N4O2. The largest absolute Gasteiger partial charge is 0.383 e. The van der Waals surface area contributed by atoms with Gasteiger partial charge in [-0.3, -0.25) is 4.79 Å². The van der Waals surface area contributed by atoms with Crippen LogP contribution in [0.4, 0.5) is 11.6 Å². The van der Waals surface area contributed by atoms with Gasteiger partial charge in [-0.15, -0.1) is 0 Å². The van der Waals surface area contributed by atoms with E-state index in [-0.39, 0.29) is 5.91 Å². The zero-order valence-electron chi connectivity index (χ0n) is 13.7. The lowest BCUT2D eigenvalue weighted by Gasteiger charge is -2.09. The average molecular weight is 314 g/mol. The molecule has 0 spiro atoms. The highest BCUT2D eigenvalue weighted by molar-refractivity contribution is 5.92. The van der Waals surface area contributed by atoms with E-state index in [4.69, 9.17) is 4.74 Å². The van der Waals surface area contributed by atoms with E-state index in [2.05, 4.69) is 39.7 Å². The summed E-state index contributed by atoms with van der Waals surface area (Å²) in [5.74, 6) is 0.170. The van der Waals surface area contributed by atoms with Gasteiger partial charge in [-0.2, -0.15) is 0 Å². The van der Waals surface area contributed by atoms with Crippen molar-refractivity contribution in [1.29, 1.82) is 0 Å². The summed E-state index contributed by atoms with van der Waals surface area (Å²) in [6, 6.07) is 9.71. The number of ether oxygens (including phenoxy) is 1. The molecule has 0 saturated carbocycles. The summed E-state index contributed by atoms with van der Waals surface area (Å²) in [5.41, 5.74) is 3.21. The number of rotatable bonds is 7. The van der Waals surface area contributed by atoms with Crippen LogP contribution in [0.3, 0.4) is 0 Å². The monoisotopic (exact) mass is 314 g/mol. The fraction of sp³-hybridized carbons (Fsp3) is 0.353. The third-order valence-corrected chi connectivity index (χ3v) is 3.30. The number of anilines is 2. The number of methoxy groups -OCH3 is 1. The van der Waals surface area contributed by atoms with Gasteiger partial charge in [0.1, 0.15) is 5.69 Å². The van der Waals surface area contributed by atoms with Gasteiger partial charge in [0.2, 0.25) is 5.95 Å². The van der Waals surface area contributed by atoms with Crippen LogP contribution in [0.5, 0.6) is 0 Å². The smallest absolute Gasteiger partial charge is 0.270 e. The Morgan fingerprint density at radius 3 is 2.61 bits per heavy atom. The Morgan fingerprint density at radius 2 is 1.96 bits per heavy atom. The highest BCUT2D eigenvalue weighted by Crippen LogP contribution is 2.15. The van der Waals surface area contributed by atoms with Gasteiger partial charge in [0.25, 0.3) is 5.91 Å². The Bertz CT molecular complexity index is 656. The fourth-order valence-electron chi connectivity index (χ4n) is 2.05. The van der Waals surface area contributed by atoms with Crippen molar-refractivity contribution < 1.29 is 9.53 Å². The first-order chi connectivity index (χ1) is 11.1. The van der Waals surface area contributed by atoms with Crippen LogP contribution in [0.1, 0.15) is 28.7 Å². The van der Waals surface area contributed by atoms with Crippen molar-refractivity contribution >= 4 is 17.5 Å². The Kier molecular flexibility index (Phi) is 6.05. The van der Waals surface area contributed by atoms with Crippen molar-refractivity contribution in [3.63, 3.8) is 0 Å². The van der Waals surface area contributed by atoms with E-state index in [1.165, 1.54) is 5.56 Å². The lowest BCUT2D eigenvalue weighted by atomic mass is 10.1. The standard InChI is InChI=1S/C17H22N4O2/c1-4-13-5-7-14(8-6-13)20-17-19-12(2)11-15(21-17)16(22)18-9-10-23-3/h5-8,11H,4,9-10H2,1-3H3,(H,18,22)(H,19,20,21). The minimum atomic E-state index is -0.239. The average Bonchev–Trinajstić information content (AvgIpc) is 2.55. The van der Waals surface area contributed by atoms with E-state index in [1.54, 1.807) is 13.2 Å². The van der Waals surface area contributed by atoms with Gasteiger partial charge in [-0.25, -0.2) is 9.97 Å². The summed E-state index contributed by atoms with van der Waals surface area (Å²) in [6.45, 7) is 4.85. The van der Waals surface area contributed by atoms with Crippen LogP contribution in [0.15, 0.2) is 30.3 Å². The van der Waals surface area contributed by atoms with E-state index in [1.807, 2.05) is 19.1 Å². The van der Waals surface area contributed by atoms with Crippen molar-refractivity contribution in [3.8, 4) is 0 Å². The summed E-state index contributed by atoms with van der Waals surface area (Å²) < 4.78 is 4.91. The highest BCUT2D eigenvalue weighted by Gasteiger charge is 2.10. The van der Waals surface area contributed by atoms with Gasteiger partial charge >= 0.3 is 0 Å². The lowest BCUT2D eigenvalue weighted by Crippen LogP contribution is -2.28. The predicted octanol–water partition coefficient (Wildman–Crippen LogP) is 2.47. The molecule has 0 unspecified atom stereocenters. The molecule has 1 aromatic carbocycles. The van der Waals surface area contributed by atoms with Crippen LogP contribution in [0.25, 0.3) is 0 Å². The summed E-state index contributed by atoms with van der Waals surface area (Å²) >= 11 is 0. The van der Waals surface area contributed by atoms with Gasteiger partial charge in [-0.05, 0) is 37.1 Å². The molecule has 0 fully saturated rings. The van der Waals surface area contributed by atoms with Gasteiger partial charge in [-0.1, -0.05) is 19.1 Å².